The van der Waals surface area contributed by atoms with Crippen LogP contribution in [-0.2, 0) is 9.53 Å². The van der Waals surface area contributed by atoms with E-state index in [1.807, 2.05) is 0 Å². The van der Waals surface area contributed by atoms with E-state index >= 15 is 0 Å². The number of ether oxygens (including phenoxy) is 1. The first-order chi connectivity index (χ1) is 10.2. The lowest BCUT2D eigenvalue weighted by Crippen LogP contribution is -2.39. The Labute approximate surface area is 131 Å². The molecule has 0 radical (unpaired) electrons. The third-order valence-corrected chi connectivity index (χ3v) is 3.43. The van der Waals surface area contributed by atoms with Gasteiger partial charge in [0.2, 0.25) is 0 Å². The van der Waals surface area contributed by atoms with Gasteiger partial charge in [-0.15, -0.1) is 0 Å². The SMILES string of the molecule is CC(C)(C)OC(=O)N1C(=O)S/C(=C/c2ccc(O)cc2)C1=O. The second-order valence-corrected chi connectivity index (χ2v) is 6.58. The summed E-state index contributed by atoms with van der Waals surface area (Å²) in [6, 6.07) is 6.11. The smallest absolute Gasteiger partial charge is 0.425 e. The average molecular weight is 321 g/mol. The zero-order chi connectivity index (χ0) is 16.5. The minimum Gasteiger partial charge on any atom is -0.508 e. The molecule has 7 heteroatoms. The lowest BCUT2D eigenvalue weighted by atomic mass is 10.2. The second-order valence-electron chi connectivity index (χ2n) is 5.59. The number of nitrogens with zero attached hydrogens (tertiary/aromatic N) is 1. The van der Waals surface area contributed by atoms with Crippen LogP contribution in [0.15, 0.2) is 29.2 Å². The molecule has 1 heterocycles. The van der Waals surface area contributed by atoms with E-state index < -0.39 is 22.8 Å². The highest BCUT2D eigenvalue weighted by Gasteiger charge is 2.42. The molecule has 1 N–H and O–H groups in total. The molecule has 1 aromatic carbocycles. The molecule has 0 aromatic heterocycles. The number of hydrogen-bond donors (Lipinski definition) is 1. The molecule has 1 aliphatic heterocycles. The van der Waals surface area contributed by atoms with Crippen LogP contribution in [0.1, 0.15) is 26.3 Å². The molecule has 1 saturated heterocycles. The van der Waals surface area contributed by atoms with Gasteiger partial charge in [0.15, 0.2) is 0 Å². The normalized spacial score (nSPS) is 17.2. The van der Waals surface area contributed by atoms with E-state index in [0.29, 0.717) is 22.2 Å². The van der Waals surface area contributed by atoms with Crippen LogP contribution < -0.4 is 0 Å². The number of phenolic OH excluding ortho intramolecular Hbond substituents is 1. The maximum Gasteiger partial charge on any atom is 0.425 e. The quantitative estimate of drug-likeness (QED) is 0.798. The molecule has 6 nitrogen and oxygen atoms in total. The molecule has 1 fully saturated rings. The van der Waals surface area contributed by atoms with E-state index in [2.05, 4.69) is 0 Å². The van der Waals surface area contributed by atoms with Crippen molar-refractivity contribution >= 4 is 35.1 Å². The maximum absolute atomic E-state index is 12.2. The molecule has 0 saturated carbocycles. The van der Waals surface area contributed by atoms with Crippen molar-refractivity contribution in [1.29, 1.82) is 0 Å². The van der Waals surface area contributed by atoms with E-state index in [-0.39, 0.29) is 10.7 Å². The molecule has 1 aliphatic rings. The number of amides is 3. The number of hydrogen-bond acceptors (Lipinski definition) is 6. The zero-order valence-corrected chi connectivity index (χ0v) is 13.1. The van der Waals surface area contributed by atoms with Crippen molar-refractivity contribution in [2.75, 3.05) is 0 Å². The summed E-state index contributed by atoms with van der Waals surface area (Å²) in [5.74, 6) is -0.615. The summed E-state index contributed by atoms with van der Waals surface area (Å²) in [6.45, 7) is 4.95. The van der Waals surface area contributed by atoms with Crippen LogP contribution in [0.3, 0.4) is 0 Å². The number of aromatic hydroxyl groups is 1. The van der Waals surface area contributed by atoms with Gasteiger partial charge in [0, 0.05) is 0 Å². The first-order valence-corrected chi connectivity index (χ1v) is 7.29. The molecule has 116 valence electrons. The first kappa shape index (κ1) is 16.1. The van der Waals surface area contributed by atoms with Crippen molar-refractivity contribution in [2.24, 2.45) is 0 Å². The number of rotatable bonds is 1. The third-order valence-electron chi connectivity index (χ3n) is 2.56. The first-order valence-electron chi connectivity index (χ1n) is 6.47. The molecule has 1 aromatic rings. The Morgan fingerprint density at radius 2 is 1.82 bits per heavy atom. The fourth-order valence-electron chi connectivity index (χ4n) is 1.65. The van der Waals surface area contributed by atoms with Crippen LogP contribution >= 0.6 is 11.8 Å². The Kier molecular flexibility index (Phi) is 4.27. The maximum atomic E-state index is 12.2. The zero-order valence-electron chi connectivity index (χ0n) is 12.3. The van der Waals surface area contributed by atoms with Gasteiger partial charge in [-0.3, -0.25) is 9.59 Å². The Bertz CT molecular complexity index is 658. The summed E-state index contributed by atoms with van der Waals surface area (Å²) in [7, 11) is 0. The van der Waals surface area contributed by atoms with Gasteiger partial charge in [-0.1, -0.05) is 12.1 Å². The van der Waals surface area contributed by atoms with E-state index in [1.165, 1.54) is 18.2 Å². The number of carbonyl (C=O) groups excluding carboxylic acids is 3. The van der Waals surface area contributed by atoms with Gasteiger partial charge in [-0.2, -0.15) is 4.90 Å². The highest BCUT2D eigenvalue weighted by atomic mass is 32.2. The molecule has 0 unspecified atom stereocenters. The summed E-state index contributed by atoms with van der Waals surface area (Å²) >= 11 is 0.670. The molecule has 0 bridgehead atoms. The van der Waals surface area contributed by atoms with Gasteiger partial charge < -0.3 is 9.84 Å². The summed E-state index contributed by atoms with van der Waals surface area (Å²) in [6.07, 6.45) is 0.499. The van der Waals surface area contributed by atoms with E-state index in [4.69, 9.17) is 4.74 Å². The highest BCUT2D eigenvalue weighted by Crippen LogP contribution is 2.33. The highest BCUT2D eigenvalue weighted by molar-refractivity contribution is 8.18. The summed E-state index contributed by atoms with van der Waals surface area (Å²) in [5.41, 5.74) is -0.168. The van der Waals surface area contributed by atoms with Crippen LogP contribution in [0.5, 0.6) is 5.75 Å². The van der Waals surface area contributed by atoms with Crippen LogP contribution in [0.2, 0.25) is 0 Å². The Hall–Kier alpha value is -2.28. The van der Waals surface area contributed by atoms with Crippen LogP contribution in [-0.4, -0.2) is 32.8 Å². The molecular weight excluding hydrogens is 306 g/mol. The van der Waals surface area contributed by atoms with Gasteiger partial charge >= 0.3 is 11.3 Å². The largest absolute Gasteiger partial charge is 0.508 e. The van der Waals surface area contributed by atoms with E-state index in [9.17, 15) is 19.5 Å². The number of phenols is 1. The van der Waals surface area contributed by atoms with Gasteiger partial charge in [-0.05, 0) is 56.3 Å². The van der Waals surface area contributed by atoms with Crippen molar-refractivity contribution in [3.05, 3.63) is 34.7 Å². The Morgan fingerprint density at radius 3 is 2.36 bits per heavy atom. The van der Waals surface area contributed by atoms with Crippen molar-refractivity contribution in [3.63, 3.8) is 0 Å². The molecule has 3 amide bonds. The lowest BCUT2D eigenvalue weighted by molar-refractivity contribution is -0.122. The third kappa shape index (κ3) is 3.67. The molecule has 0 spiro atoms. The second kappa shape index (κ2) is 5.84. The predicted octanol–water partition coefficient (Wildman–Crippen LogP) is 3.36. The van der Waals surface area contributed by atoms with Gasteiger partial charge in [-0.25, -0.2) is 4.79 Å². The van der Waals surface area contributed by atoms with Crippen molar-refractivity contribution in [3.8, 4) is 5.75 Å². The Balaban J connectivity index is 2.21. The average Bonchev–Trinajstić information content (AvgIpc) is 2.65. The van der Waals surface area contributed by atoms with Crippen LogP contribution in [0, 0.1) is 0 Å². The molecule has 22 heavy (non-hydrogen) atoms. The molecule has 0 aliphatic carbocycles. The topological polar surface area (TPSA) is 83.9 Å². The fourth-order valence-corrected chi connectivity index (χ4v) is 2.47. The molecular formula is C15H15NO5S. The Morgan fingerprint density at radius 1 is 1.23 bits per heavy atom. The van der Waals surface area contributed by atoms with Crippen LogP contribution in [0.4, 0.5) is 9.59 Å². The van der Waals surface area contributed by atoms with E-state index in [0.717, 1.165) is 0 Å². The summed E-state index contributed by atoms with van der Waals surface area (Å²) in [4.78, 5) is 36.6. The summed E-state index contributed by atoms with van der Waals surface area (Å²) in [5, 5.41) is 8.53. The van der Waals surface area contributed by atoms with Crippen LogP contribution in [0.25, 0.3) is 6.08 Å². The van der Waals surface area contributed by atoms with Crippen molar-refractivity contribution in [2.45, 2.75) is 26.4 Å². The number of thioether (sulfide) groups is 1. The number of benzene rings is 1. The number of imide groups is 3. The van der Waals surface area contributed by atoms with Crippen molar-refractivity contribution < 1.29 is 24.2 Å². The molecule has 2 rings (SSSR count). The molecule has 0 atom stereocenters. The van der Waals surface area contributed by atoms with Gasteiger partial charge in [0.25, 0.3) is 5.91 Å². The number of carbonyl (C=O) groups is 3. The minimum absolute atomic E-state index is 0.0963. The van der Waals surface area contributed by atoms with E-state index in [1.54, 1.807) is 32.9 Å². The summed E-state index contributed by atoms with van der Waals surface area (Å²) < 4.78 is 5.05. The van der Waals surface area contributed by atoms with Gasteiger partial charge in [0.1, 0.15) is 11.4 Å². The standard InChI is InChI=1S/C15H15NO5S/c1-15(2,3)21-13(19)16-12(18)11(22-14(16)20)8-9-4-6-10(17)7-5-9/h4-8,17H,1-3H3/b11-8+. The fraction of sp³-hybridized carbons (Fsp3) is 0.267. The predicted molar refractivity (Wildman–Crippen MR) is 82.2 cm³/mol. The monoisotopic (exact) mass is 321 g/mol. The van der Waals surface area contributed by atoms with Crippen molar-refractivity contribution in [1.82, 2.24) is 4.90 Å². The lowest BCUT2D eigenvalue weighted by Gasteiger charge is -2.21. The van der Waals surface area contributed by atoms with Gasteiger partial charge in [0.05, 0.1) is 4.91 Å². The minimum atomic E-state index is -0.982.